The number of hydrogen-bond acceptors (Lipinski definition) is 4. The van der Waals surface area contributed by atoms with Crippen molar-refractivity contribution in [2.24, 2.45) is 0 Å². The number of carboxylic acid groups (broad SMARTS) is 1. The number of nitrogens with one attached hydrogen (secondary N) is 1. The van der Waals surface area contributed by atoms with Gasteiger partial charge in [0.1, 0.15) is 4.90 Å². The summed E-state index contributed by atoms with van der Waals surface area (Å²) in [6.07, 6.45) is 22.3. The Balaban J connectivity index is 0.000000357. The second kappa shape index (κ2) is 16.3. The number of benzene rings is 1. The molecule has 32 heavy (non-hydrogen) atoms. The maximum absolute atomic E-state index is 11.1. The monoisotopic (exact) mass is 463 g/mol. The number of amides is 1. The minimum Gasteiger partial charge on any atom is -0.481 e. The quantitative estimate of drug-likeness (QED) is 0.260. The molecule has 1 aliphatic heterocycles. The molecule has 1 aromatic carbocycles. The first-order valence-corrected chi connectivity index (χ1v) is 13.0. The third-order valence-corrected chi connectivity index (χ3v) is 6.38. The summed E-state index contributed by atoms with van der Waals surface area (Å²) in [6.45, 7) is 2.23. The zero-order valence-corrected chi connectivity index (χ0v) is 19.9. The van der Waals surface area contributed by atoms with Crippen molar-refractivity contribution in [2.75, 3.05) is 0 Å². The zero-order chi connectivity index (χ0) is 23.7. The molecule has 0 saturated carbocycles. The lowest BCUT2D eigenvalue weighted by Gasteiger charge is -1.98. The van der Waals surface area contributed by atoms with Crippen molar-refractivity contribution in [3.05, 3.63) is 54.1 Å². The second-order valence-electron chi connectivity index (χ2n) is 7.81. The number of hydrogen-bond donors (Lipinski definition) is 2. The highest BCUT2D eigenvalue weighted by Gasteiger charge is 2.31. The van der Waals surface area contributed by atoms with E-state index in [9.17, 15) is 18.0 Å². The number of rotatable bonds is 14. The predicted octanol–water partition coefficient (Wildman–Crippen LogP) is 6.00. The first-order valence-electron chi connectivity index (χ1n) is 11.6. The van der Waals surface area contributed by atoms with Crippen LogP contribution in [0.2, 0.25) is 0 Å². The lowest BCUT2D eigenvalue weighted by Crippen LogP contribution is -2.20. The van der Waals surface area contributed by atoms with Gasteiger partial charge in [-0.25, -0.2) is 13.1 Å². The standard InChI is InChI=1S/C18H32O2.C7H5NO3S/c1-2-3-4-5-6-7-8-9-10-11-12-13-14-15-16-17-18(19)20;9-7-5-3-1-2-4-6(5)12(10,11)8-7/h6-7,9-10H,2-5,8,11-17H2,1H3,(H,19,20);1-4H,(H,8,9)/b7-6-,10-9-;. The summed E-state index contributed by atoms with van der Waals surface area (Å²) in [7, 11) is -3.55. The Bertz CT molecular complexity index is 859. The Labute approximate surface area is 192 Å². The van der Waals surface area contributed by atoms with Gasteiger partial charge in [0.05, 0.1) is 5.56 Å². The van der Waals surface area contributed by atoms with Crippen molar-refractivity contribution < 1.29 is 23.1 Å². The van der Waals surface area contributed by atoms with Crippen molar-refractivity contribution in [3.8, 4) is 0 Å². The highest BCUT2D eigenvalue weighted by Crippen LogP contribution is 2.20. The van der Waals surface area contributed by atoms with Crippen LogP contribution in [0.4, 0.5) is 0 Å². The Morgan fingerprint density at radius 3 is 2.12 bits per heavy atom. The second-order valence-corrected chi connectivity index (χ2v) is 9.46. The normalized spacial score (nSPS) is 14.2. The third kappa shape index (κ3) is 11.8. The lowest BCUT2D eigenvalue weighted by molar-refractivity contribution is -0.137. The molecule has 0 aromatic heterocycles. The minimum atomic E-state index is -3.55. The highest BCUT2D eigenvalue weighted by atomic mass is 32.2. The van der Waals surface area contributed by atoms with E-state index in [1.165, 1.54) is 57.1 Å². The van der Waals surface area contributed by atoms with Crippen molar-refractivity contribution >= 4 is 21.9 Å². The predicted molar refractivity (Wildman–Crippen MR) is 128 cm³/mol. The van der Waals surface area contributed by atoms with Gasteiger partial charge in [0.2, 0.25) is 0 Å². The number of allylic oxidation sites excluding steroid dienone is 4. The summed E-state index contributed by atoms with van der Waals surface area (Å²) in [6, 6.07) is 6.09. The maximum atomic E-state index is 11.1. The van der Waals surface area contributed by atoms with Crippen LogP contribution in [-0.4, -0.2) is 25.4 Å². The summed E-state index contributed by atoms with van der Waals surface area (Å²) in [4.78, 5) is 21.4. The first-order chi connectivity index (χ1) is 15.4. The minimum absolute atomic E-state index is 0.0648. The molecule has 7 heteroatoms. The topological polar surface area (TPSA) is 101 Å². The molecule has 0 aliphatic carbocycles. The molecule has 6 nitrogen and oxygen atoms in total. The fraction of sp³-hybridized carbons (Fsp3) is 0.520. The van der Waals surface area contributed by atoms with Crippen molar-refractivity contribution in [2.45, 2.75) is 88.9 Å². The number of aliphatic carboxylic acids is 1. The molecule has 1 amide bonds. The summed E-state index contributed by atoms with van der Waals surface area (Å²) >= 11 is 0. The number of fused-ring (bicyclic) bond motifs is 1. The third-order valence-electron chi connectivity index (χ3n) is 4.99. The Kier molecular flexibility index (Phi) is 14.0. The van der Waals surface area contributed by atoms with Gasteiger partial charge in [-0.2, -0.15) is 0 Å². The molecule has 1 aliphatic rings. The maximum Gasteiger partial charge on any atom is 0.303 e. The number of carbonyl (C=O) groups excluding carboxylic acids is 1. The average Bonchev–Trinajstić information content (AvgIpc) is 3.00. The van der Waals surface area contributed by atoms with Crippen molar-refractivity contribution in [3.63, 3.8) is 0 Å². The van der Waals surface area contributed by atoms with Crippen LogP contribution in [0.5, 0.6) is 0 Å². The fourth-order valence-corrected chi connectivity index (χ4v) is 4.38. The number of carboxylic acids is 1. The van der Waals surface area contributed by atoms with E-state index < -0.39 is 21.9 Å². The van der Waals surface area contributed by atoms with Gasteiger partial charge in [-0.15, -0.1) is 0 Å². The molecule has 0 fully saturated rings. The van der Waals surface area contributed by atoms with Gasteiger partial charge < -0.3 is 5.11 Å². The molecule has 0 radical (unpaired) electrons. The van der Waals surface area contributed by atoms with Gasteiger partial charge in [-0.3, -0.25) is 9.59 Å². The molecule has 0 atom stereocenters. The van der Waals surface area contributed by atoms with E-state index in [0.717, 1.165) is 25.7 Å². The van der Waals surface area contributed by atoms with Crippen molar-refractivity contribution in [1.29, 1.82) is 0 Å². The molecule has 2 rings (SSSR count). The molecule has 0 spiro atoms. The SMILES string of the molecule is CCCCC/C=C\C/C=C\CCCCCCCC(=O)O.O=C1NS(=O)(=O)c2ccccc21. The van der Waals surface area contributed by atoms with Crippen LogP contribution in [0.3, 0.4) is 0 Å². The van der Waals surface area contributed by atoms with Crippen LogP contribution in [0.15, 0.2) is 53.5 Å². The van der Waals surface area contributed by atoms with Crippen LogP contribution in [0, 0.1) is 0 Å². The smallest absolute Gasteiger partial charge is 0.303 e. The van der Waals surface area contributed by atoms with Crippen LogP contribution < -0.4 is 4.72 Å². The van der Waals surface area contributed by atoms with E-state index in [0.29, 0.717) is 6.42 Å². The Morgan fingerprint density at radius 1 is 0.906 bits per heavy atom. The summed E-state index contributed by atoms with van der Waals surface area (Å²) in [5.41, 5.74) is 0.220. The van der Waals surface area contributed by atoms with Crippen LogP contribution in [0.25, 0.3) is 0 Å². The Morgan fingerprint density at radius 2 is 1.50 bits per heavy atom. The van der Waals surface area contributed by atoms with Gasteiger partial charge >= 0.3 is 5.97 Å². The van der Waals surface area contributed by atoms with E-state index in [-0.39, 0.29) is 10.5 Å². The zero-order valence-electron chi connectivity index (χ0n) is 19.1. The van der Waals surface area contributed by atoms with Crippen LogP contribution >= 0.6 is 0 Å². The largest absolute Gasteiger partial charge is 0.481 e. The first kappa shape index (κ1) is 27.6. The van der Waals surface area contributed by atoms with E-state index >= 15 is 0 Å². The molecular formula is C25H37NO5S. The van der Waals surface area contributed by atoms with Gasteiger partial charge in [-0.1, -0.05) is 75.5 Å². The van der Waals surface area contributed by atoms with Crippen molar-refractivity contribution in [1.82, 2.24) is 4.72 Å². The molecule has 0 saturated heterocycles. The van der Waals surface area contributed by atoms with Gasteiger partial charge in [0, 0.05) is 6.42 Å². The van der Waals surface area contributed by atoms with E-state index in [4.69, 9.17) is 5.11 Å². The number of unbranched alkanes of at least 4 members (excludes halogenated alkanes) is 8. The highest BCUT2D eigenvalue weighted by molar-refractivity contribution is 7.90. The average molecular weight is 464 g/mol. The van der Waals surface area contributed by atoms with Gasteiger partial charge in [0.15, 0.2) is 0 Å². The van der Waals surface area contributed by atoms with E-state index in [2.05, 4.69) is 31.2 Å². The van der Waals surface area contributed by atoms with Gasteiger partial charge in [0.25, 0.3) is 15.9 Å². The lowest BCUT2D eigenvalue weighted by atomic mass is 10.1. The van der Waals surface area contributed by atoms with Crippen LogP contribution in [0.1, 0.15) is 94.3 Å². The molecular weight excluding hydrogens is 426 g/mol. The molecule has 0 bridgehead atoms. The summed E-state index contributed by atoms with van der Waals surface area (Å²) in [5, 5.41) is 8.50. The molecule has 0 unspecified atom stereocenters. The number of sulfonamides is 1. The fourth-order valence-electron chi connectivity index (χ4n) is 3.21. The summed E-state index contributed by atoms with van der Waals surface area (Å²) < 4.78 is 24.2. The molecule has 1 aromatic rings. The summed E-state index contributed by atoms with van der Waals surface area (Å²) in [5.74, 6) is -1.22. The number of carbonyl (C=O) groups is 2. The van der Waals surface area contributed by atoms with Crippen LogP contribution in [-0.2, 0) is 14.8 Å². The molecule has 2 N–H and O–H groups in total. The van der Waals surface area contributed by atoms with E-state index in [1.807, 2.05) is 4.72 Å². The van der Waals surface area contributed by atoms with Gasteiger partial charge in [-0.05, 0) is 50.7 Å². The van der Waals surface area contributed by atoms with E-state index in [1.54, 1.807) is 12.1 Å². The molecule has 178 valence electrons. The molecule has 1 heterocycles. The Hall–Kier alpha value is -2.41.